The summed E-state index contributed by atoms with van der Waals surface area (Å²) in [6, 6.07) is 8.31. The molecule has 0 spiro atoms. The van der Waals surface area contributed by atoms with Crippen LogP contribution in [-0.2, 0) is 6.54 Å². The first kappa shape index (κ1) is 13.4. The van der Waals surface area contributed by atoms with Crippen LogP contribution in [0.2, 0.25) is 0 Å². The maximum absolute atomic E-state index is 5.24. The summed E-state index contributed by atoms with van der Waals surface area (Å²) < 4.78 is 5.24. The van der Waals surface area contributed by atoms with Gasteiger partial charge in [-0.05, 0) is 42.5 Å². The second-order valence-corrected chi connectivity index (χ2v) is 5.50. The van der Waals surface area contributed by atoms with Crippen molar-refractivity contribution in [1.82, 2.24) is 5.32 Å². The van der Waals surface area contributed by atoms with Crippen LogP contribution in [0, 0.1) is 11.8 Å². The smallest absolute Gasteiger partial charge is 0.119 e. The van der Waals surface area contributed by atoms with Gasteiger partial charge >= 0.3 is 0 Å². The number of ether oxygens (including phenoxy) is 1. The van der Waals surface area contributed by atoms with Crippen molar-refractivity contribution in [3.8, 4) is 5.75 Å². The molecule has 2 nitrogen and oxygen atoms in total. The van der Waals surface area contributed by atoms with E-state index in [9.17, 15) is 0 Å². The van der Waals surface area contributed by atoms with E-state index in [1.807, 2.05) is 6.07 Å². The predicted octanol–water partition coefficient (Wildman–Crippen LogP) is 3.61. The Morgan fingerprint density at radius 2 is 2.11 bits per heavy atom. The number of nitrogens with one attached hydrogen (secondary N) is 1. The van der Waals surface area contributed by atoms with Gasteiger partial charge in [-0.3, -0.25) is 0 Å². The van der Waals surface area contributed by atoms with Gasteiger partial charge in [0.05, 0.1) is 7.11 Å². The van der Waals surface area contributed by atoms with E-state index >= 15 is 0 Å². The average Bonchev–Trinajstić information content (AvgIpc) is 2.41. The topological polar surface area (TPSA) is 21.3 Å². The third kappa shape index (κ3) is 3.74. The Hall–Kier alpha value is -1.02. The van der Waals surface area contributed by atoms with Crippen LogP contribution < -0.4 is 10.1 Å². The van der Waals surface area contributed by atoms with Gasteiger partial charge < -0.3 is 10.1 Å². The summed E-state index contributed by atoms with van der Waals surface area (Å²) in [5, 5.41) is 3.60. The number of rotatable bonds is 5. The zero-order valence-corrected chi connectivity index (χ0v) is 11.6. The van der Waals surface area contributed by atoms with Gasteiger partial charge in [0.25, 0.3) is 0 Å². The molecule has 1 aliphatic rings. The van der Waals surface area contributed by atoms with E-state index in [1.54, 1.807) is 7.11 Å². The van der Waals surface area contributed by atoms with Crippen molar-refractivity contribution >= 4 is 0 Å². The van der Waals surface area contributed by atoms with Crippen molar-refractivity contribution in [2.24, 2.45) is 11.8 Å². The first-order chi connectivity index (χ1) is 8.79. The van der Waals surface area contributed by atoms with Crippen LogP contribution in [0.25, 0.3) is 0 Å². The molecule has 2 unspecified atom stereocenters. The number of methoxy groups -OCH3 is 1. The van der Waals surface area contributed by atoms with Crippen molar-refractivity contribution in [3.63, 3.8) is 0 Å². The molecule has 0 amide bonds. The second kappa shape index (κ2) is 6.79. The number of hydrogen-bond donors (Lipinski definition) is 1. The van der Waals surface area contributed by atoms with Crippen molar-refractivity contribution in [2.45, 2.75) is 39.2 Å². The van der Waals surface area contributed by atoms with E-state index in [-0.39, 0.29) is 0 Å². The Bertz CT molecular complexity index is 364. The summed E-state index contributed by atoms with van der Waals surface area (Å²) in [5.74, 6) is 2.70. The van der Waals surface area contributed by atoms with E-state index < -0.39 is 0 Å². The Morgan fingerprint density at radius 3 is 2.89 bits per heavy atom. The monoisotopic (exact) mass is 247 g/mol. The summed E-state index contributed by atoms with van der Waals surface area (Å²) in [4.78, 5) is 0. The summed E-state index contributed by atoms with van der Waals surface area (Å²) >= 11 is 0. The highest BCUT2D eigenvalue weighted by Gasteiger charge is 2.20. The molecule has 18 heavy (non-hydrogen) atoms. The fourth-order valence-electron chi connectivity index (χ4n) is 2.88. The predicted molar refractivity (Wildman–Crippen MR) is 75.8 cm³/mol. The number of benzene rings is 1. The standard InChI is InChI=1S/C16H25NO/c1-13-6-3-4-8-15(13)12-17-11-14-7-5-9-16(10-14)18-2/h5,7,9-10,13,15,17H,3-4,6,8,11-12H2,1-2H3. The molecule has 2 atom stereocenters. The van der Waals surface area contributed by atoms with Crippen LogP contribution in [0.5, 0.6) is 5.75 Å². The molecule has 0 saturated heterocycles. The molecule has 100 valence electrons. The lowest BCUT2D eigenvalue weighted by Gasteiger charge is -2.28. The lowest BCUT2D eigenvalue weighted by molar-refractivity contribution is 0.247. The Labute approximate surface area is 111 Å². The highest BCUT2D eigenvalue weighted by molar-refractivity contribution is 5.28. The third-order valence-corrected chi connectivity index (χ3v) is 4.16. The van der Waals surface area contributed by atoms with Gasteiger partial charge in [0.15, 0.2) is 0 Å². The quantitative estimate of drug-likeness (QED) is 0.858. The van der Waals surface area contributed by atoms with Crippen LogP contribution in [0.15, 0.2) is 24.3 Å². The minimum Gasteiger partial charge on any atom is -0.497 e. The fraction of sp³-hybridized carbons (Fsp3) is 0.625. The minimum atomic E-state index is 0.865. The maximum atomic E-state index is 5.24. The average molecular weight is 247 g/mol. The molecule has 2 rings (SSSR count). The zero-order chi connectivity index (χ0) is 12.8. The number of hydrogen-bond acceptors (Lipinski definition) is 2. The Morgan fingerprint density at radius 1 is 1.28 bits per heavy atom. The molecule has 0 bridgehead atoms. The second-order valence-electron chi connectivity index (χ2n) is 5.50. The van der Waals surface area contributed by atoms with E-state index in [0.717, 1.165) is 30.7 Å². The van der Waals surface area contributed by atoms with Crippen LogP contribution >= 0.6 is 0 Å². The molecule has 0 heterocycles. The van der Waals surface area contributed by atoms with Gasteiger partial charge in [-0.2, -0.15) is 0 Å². The lowest BCUT2D eigenvalue weighted by atomic mass is 9.80. The van der Waals surface area contributed by atoms with Crippen LogP contribution in [0.3, 0.4) is 0 Å². The minimum absolute atomic E-state index is 0.865. The highest BCUT2D eigenvalue weighted by Crippen LogP contribution is 2.28. The first-order valence-electron chi connectivity index (χ1n) is 7.13. The van der Waals surface area contributed by atoms with Gasteiger partial charge in [0.1, 0.15) is 5.75 Å². The Kier molecular flexibility index (Phi) is 5.06. The molecule has 1 N–H and O–H groups in total. The molecule has 0 aliphatic heterocycles. The largest absolute Gasteiger partial charge is 0.497 e. The van der Waals surface area contributed by atoms with Crippen molar-refractivity contribution in [1.29, 1.82) is 0 Å². The van der Waals surface area contributed by atoms with Crippen LogP contribution in [-0.4, -0.2) is 13.7 Å². The lowest BCUT2D eigenvalue weighted by Crippen LogP contribution is -2.29. The molecule has 1 aliphatic carbocycles. The molecule has 2 heteroatoms. The summed E-state index contributed by atoms with van der Waals surface area (Å²) in [5.41, 5.74) is 1.30. The molecule has 0 radical (unpaired) electrons. The highest BCUT2D eigenvalue weighted by atomic mass is 16.5. The zero-order valence-electron chi connectivity index (χ0n) is 11.6. The molecule has 1 saturated carbocycles. The maximum Gasteiger partial charge on any atom is 0.119 e. The van der Waals surface area contributed by atoms with Gasteiger partial charge in [-0.25, -0.2) is 0 Å². The van der Waals surface area contributed by atoms with E-state index in [2.05, 4.69) is 30.4 Å². The molecular weight excluding hydrogens is 222 g/mol. The molecule has 0 aromatic heterocycles. The third-order valence-electron chi connectivity index (χ3n) is 4.16. The summed E-state index contributed by atoms with van der Waals surface area (Å²) in [6.07, 6.45) is 5.64. The summed E-state index contributed by atoms with van der Waals surface area (Å²) in [7, 11) is 1.72. The van der Waals surface area contributed by atoms with E-state index in [4.69, 9.17) is 4.74 Å². The first-order valence-corrected chi connectivity index (χ1v) is 7.13. The molecule has 1 fully saturated rings. The van der Waals surface area contributed by atoms with Gasteiger partial charge in [-0.15, -0.1) is 0 Å². The van der Waals surface area contributed by atoms with Crippen LogP contribution in [0.1, 0.15) is 38.2 Å². The van der Waals surface area contributed by atoms with Gasteiger partial charge in [-0.1, -0.05) is 38.3 Å². The SMILES string of the molecule is COc1cccc(CNCC2CCCCC2C)c1. The molecule has 1 aromatic carbocycles. The normalized spacial score (nSPS) is 23.9. The van der Waals surface area contributed by atoms with Gasteiger partial charge in [0.2, 0.25) is 0 Å². The van der Waals surface area contributed by atoms with Gasteiger partial charge in [0, 0.05) is 6.54 Å². The molecule has 1 aromatic rings. The summed E-state index contributed by atoms with van der Waals surface area (Å²) in [6.45, 7) is 4.50. The molecular formula is C16H25NO. The van der Waals surface area contributed by atoms with Crippen molar-refractivity contribution in [3.05, 3.63) is 29.8 Å². The fourth-order valence-corrected chi connectivity index (χ4v) is 2.88. The van der Waals surface area contributed by atoms with Crippen molar-refractivity contribution < 1.29 is 4.74 Å². The van der Waals surface area contributed by atoms with E-state index in [0.29, 0.717) is 0 Å². The van der Waals surface area contributed by atoms with Crippen molar-refractivity contribution in [2.75, 3.05) is 13.7 Å². The Balaban J connectivity index is 1.77. The van der Waals surface area contributed by atoms with Crippen LogP contribution in [0.4, 0.5) is 0 Å². The van der Waals surface area contributed by atoms with E-state index in [1.165, 1.54) is 31.2 Å².